The molecule has 1 aromatic heterocycles. The molecule has 1 unspecified atom stereocenters. The number of carbonyl (C=O) groups is 1. The molecule has 0 N–H and O–H groups in total. The number of amides is 1. The van der Waals surface area contributed by atoms with Gasteiger partial charge in [-0.3, -0.25) is 4.79 Å². The normalized spacial score (nSPS) is 18.5. The van der Waals surface area contributed by atoms with Crippen LogP contribution in [0.3, 0.4) is 0 Å². The van der Waals surface area contributed by atoms with Gasteiger partial charge in [0.1, 0.15) is 0 Å². The number of hydrogen-bond donors (Lipinski definition) is 0. The molecule has 1 atom stereocenters. The van der Waals surface area contributed by atoms with E-state index in [1.807, 2.05) is 30.3 Å². The number of aromatic nitrogens is 1. The quantitative estimate of drug-likeness (QED) is 0.692. The highest BCUT2D eigenvalue weighted by Gasteiger charge is 2.34. The lowest BCUT2D eigenvalue weighted by Crippen LogP contribution is -2.41. The van der Waals surface area contributed by atoms with Gasteiger partial charge >= 0.3 is 0 Å². The second-order valence-electron chi connectivity index (χ2n) is 6.98. The zero-order chi connectivity index (χ0) is 19.3. The fraction of sp³-hybridized carbons (Fsp3) is 0.500. The molecule has 1 saturated heterocycles. The Kier molecular flexibility index (Phi) is 6.31. The number of hydrogen-bond acceptors (Lipinski definition) is 5. The fourth-order valence-electron chi connectivity index (χ4n) is 3.38. The summed E-state index contributed by atoms with van der Waals surface area (Å²) in [5.41, 5.74) is 0.948. The summed E-state index contributed by atoms with van der Waals surface area (Å²) in [4.78, 5) is 18.8. The van der Waals surface area contributed by atoms with Crippen molar-refractivity contribution in [3.8, 4) is 11.3 Å². The molecule has 1 aliphatic heterocycles. The van der Waals surface area contributed by atoms with E-state index in [4.69, 9.17) is 4.42 Å². The van der Waals surface area contributed by atoms with Gasteiger partial charge in [0, 0.05) is 31.0 Å². The third-order valence-electron chi connectivity index (χ3n) is 4.89. The summed E-state index contributed by atoms with van der Waals surface area (Å²) in [6, 6.07) is 9.50. The zero-order valence-corrected chi connectivity index (χ0v) is 16.5. The first-order valence-electron chi connectivity index (χ1n) is 9.48. The number of nitrogens with zero attached hydrogens (tertiary/aromatic N) is 2. The third kappa shape index (κ3) is 5.19. The van der Waals surface area contributed by atoms with Crippen molar-refractivity contribution in [2.45, 2.75) is 45.1 Å². The van der Waals surface area contributed by atoms with Crippen molar-refractivity contribution in [1.29, 1.82) is 0 Å². The molecule has 7 heteroatoms. The van der Waals surface area contributed by atoms with E-state index in [1.165, 1.54) is 0 Å². The molecular formula is C20H26N2O4S. The molecule has 0 bridgehead atoms. The molecule has 3 rings (SSSR count). The SMILES string of the molecule is CCCCN(C(=O)CCc1ncc(-c2ccccc2)o1)C1CCS(=O)(=O)C1. The molecule has 0 saturated carbocycles. The van der Waals surface area contributed by atoms with Crippen LogP contribution in [0.4, 0.5) is 0 Å². The van der Waals surface area contributed by atoms with Crippen molar-refractivity contribution in [2.75, 3.05) is 18.1 Å². The first-order chi connectivity index (χ1) is 13.0. The number of unbranched alkanes of at least 4 members (excludes halogenated alkanes) is 1. The van der Waals surface area contributed by atoms with Crippen molar-refractivity contribution in [3.05, 3.63) is 42.4 Å². The Morgan fingerprint density at radius 2 is 2.07 bits per heavy atom. The van der Waals surface area contributed by atoms with Crippen molar-refractivity contribution < 1.29 is 17.6 Å². The van der Waals surface area contributed by atoms with Crippen LogP contribution in [0, 0.1) is 0 Å². The van der Waals surface area contributed by atoms with Crippen LogP contribution in [-0.4, -0.2) is 48.3 Å². The van der Waals surface area contributed by atoms with E-state index < -0.39 is 9.84 Å². The topological polar surface area (TPSA) is 80.5 Å². The summed E-state index contributed by atoms with van der Waals surface area (Å²) >= 11 is 0. The molecule has 1 aliphatic rings. The Hall–Kier alpha value is -2.15. The Labute approximate surface area is 160 Å². The molecule has 0 spiro atoms. The molecule has 146 valence electrons. The van der Waals surface area contributed by atoms with Gasteiger partial charge in [-0.05, 0) is 12.8 Å². The number of benzene rings is 1. The predicted molar refractivity (Wildman–Crippen MR) is 104 cm³/mol. The molecule has 2 aromatic rings. The first-order valence-corrected chi connectivity index (χ1v) is 11.3. The van der Waals surface area contributed by atoms with Crippen LogP contribution in [-0.2, 0) is 21.1 Å². The van der Waals surface area contributed by atoms with Gasteiger partial charge in [-0.25, -0.2) is 13.4 Å². The van der Waals surface area contributed by atoms with Gasteiger partial charge in [0.25, 0.3) is 0 Å². The van der Waals surface area contributed by atoms with E-state index in [0.717, 1.165) is 18.4 Å². The highest BCUT2D eigenvalue weighted by Crippen LogP contribution is 2.22. The number of sulfone groups is 1. The molecule has 0 radical (unpaired) electrons. The Balaban J connectivity index is 1.61. The molecule has 6 nitrogen and oxygen atoms in total. The second kappa shape index (κ2) is 8.69. The smallest absolute Gasteiger partial charge is 0.223 e. The third-order valence-corrected chi connectivity index (χ3v) is 6.64. The van der Waals surface area contributed by atoms with Gasteiger partial charge < -0.3 is 9.32 Å². The Morgan fingerprint density at radius 1 is 1.30 bits per heavy atom. The lowest BCUT2D eigenvalue weighted by molar-refractivity contribution is -0.133. The van der Waals surface area contributed by atoms with Crippen LogP contribution < -0.4 is 0 Å². The number of rotatable bonds is 8. The van der Waals surface area contributed by atoms with E-state index in [0.29, 0.717) is 31.0 Å². The van der Waals surface area contributed by atoms with Gasteiger partial charge in [-0.15, -0.1) is 0 Å². The van der Waals surface area contributed by atoms with Crippen molar-refractivity contribution in [2.24, 2.45) is 0 Å². The average Bonchev–Trinajstić information content (AvgIpc) is 3.27. The summed E-state index contributed by atoms with van der Waals surface area (Å²) in [5.74, 6) is 1.44. The summed E-state index contributed by atoms with van der Waals surface area (Å²) in [5, 5.41) is 0. The van der Waals surface area contributed by atoms with Crippen LogP contribution in [0.15, 0.2) is 40.9 Å². The minimum atomic E-state index is -3.02. The number of aryl methyl sites for hydroxylation is 1. The maximum absolute atomic E-state index is 12.8. The van der Waals surface area contributed by atoms with Gasteiger partial charge in [-0.2, -0.15) is 0 Å². The predicted octanol–water partition coefficient (Wildman–Crippen LogP) is 3.09. The average molecular weight is 391 g/mol. The van der Waals surface area contributed by atoms with Crippen molar-refractivity contribution >= 4 is 15.7 Å². The molecule has 1 fully saturated rings. The lowest BCUT2D eigenvalue weighted by atomic mass is 10.1. The molecule has 0 aliphatic carbocycles. The molecule has 27 heavy (non-hydrogen) atoms. The largest absolute Gasteiger partial charge is 0.441 e. The number of carbonyl (C=O) groups excluding carboxylic acids is 1. The Morgan fingerprint density at radius 3 is 2.74 bits per heavy atom. The van der Waals surface area contributed by atoms with Crippen LogP contribution in [0.1, 0.15) is 38.5 Å². The summed E-state index contributed by atoms with van der Waals surface area (Å²) < 4.78 is 29.4. The molecule has 2 heterocycles. The Bertz CT molecular complexity index is 861. The maximum Gasteiger partial charge on any atom is 0.223 e. The van der Waals surface area contributed by atoms with Crippen LogP contribution in [0.25, 0.3) is 11.3 Å². The second-order valence-corrected chi connectivity index (χ2v) is 9.21. The van der Waals surface area contributed by atoms with Gasteiger partial charge in [0.2, 0.25) is 5.91 Å². The highest BCUT2D eigenvalue weighted by atomic mass is 32.2. The van der Waals surface area contributed by atoms with Crippen molar-refractivity contribution in [3.63, 3.8) is 0 Å². The van der Waals surface area contributed by atoms with E-state index in [9.17, 15) is 13.2 Å². The minimum absolute atomic E-state index is 0.0231. The lowest BCUT2D eigenvalue weighted by Gasteiger charge is -2.28. The van der Waals surface area contributed by atoms with E-state index in [1.54, 1.807) is 11.1 Å². The van der Waals surface area contributed by atoms with E-state index >= 15 is 0 Å². The van der Waals surface area contributed by atoms with E-state index in [2.05, 4.69) is 11.9 Å². The van der Waals surface area contributed by atoms with Gasteiger partial charge in [0.05, 0.1) is 17.7 Å². The maximum atomic E-state index is 12.8. The van der Waals surface area contributed by atoms with Crippen molar-refractivity contribution in [1.82, 2.24) is 9.88 Å². The zero-order valence-electron chi connectivity index (χ0n) is 15.6. The van der Waals surface area contributed by atoms with Crippen LogP contribution in [0.5, 0.6) is 0 Å². The number of oxazole rings is 1. The summed E-state index contributed by atoms with van der Waals surface area (Å²) in [6.45, 7) is 2.67. The fourth-order valence-corrected chi connectivity index (χ4v) is 5.11. The first kappa shape index (κ1) is 19.6. The van der Waals surface area contributed by atoms with Gasteiger partial charge in [0.15, 0.2) is 21.5 Å². The monoisotopic (exact) mass is 390 g/mol. The highest BCUT2D eigenvalue weighted by molar-refractivity contribution is 7.91. The van der Waals surface area contributed by atoms with E-state index in [-0.39, 0.29) is 29.9 Å². The standard InChI is InChI=1S/C20H26N2O4S/c1-2-3-12-22(17-11-13-27(24,25)15-17)20(23)10-9-19-21-14-18(26-19)16-7-5-4-6-8-16/h4-8,14,17H,2-3,9-13,15H2,1H3. The molecular weight excluding hydrogens is 364 g/mol. The molecule has 1 aromatic carbocycles. The summed E-state index contributed by atoms with van der Waals surface area (Å²) in [6.07, 6.45) is 4.73. The van der Waals surface area contributed by atoms with Crippen LogP contribution in [0.2, 0.25) is 0 Å². The summed E-state index contributed by atoms with van der Waals surface area (Å²) in [7, 11) is -3.02. The molecule has 1 amide bonds. The van der Waals surface area contributed by atoms with Crippen LogP contribution >= 0.6 is 0 Å². The van der Waals surface area contributed by atoms with Gasteiger partial charge in [-0.1, -0.05) is 43.7 Å². The minimum Gasteiger partial charge on any atom is -0.441 e.